The van der Waals surface area contributed by atoms with Gasteiger partial charge < -0.3 is 13.4 Å². The molecule has 16 rings (SSSR count). The quantitative estimate of drug-likeness (QED) is 0.167. The molecule has 0 bridgehead atoms. The van der Waals surface area contributed by atoms with E-state index in [1.54, 1.807) is 0 Å². The Balaban J connectivity index is 0.965. The fourth-order valence-corrected chi connectivity index (χ4v) is 14.1. The fourth-order valence-electron chi connectivity index (χ4n) is 11.8. The van der Waals surface area contributed by atoms with Gasteiger partial charge in [0.15, 0.2) is 5.82 Å². The first-order chi connectivity index (χ1) is 36.1. The van der Waals surface area contributed by atoms with E-state index in [1.165, 1.54) is 51.1 Å². The molecule has 342 valence electrons. The van der Waals surface area contributed by atoms with Crippen molar-refractivity contribution in [1.82, 2.24) is 14.5 Å². The van der Waals surface area contributed by atoms with E-state index in [0.29, 0.717) is 5.82 Å². The molecule has 10 aromatic carbocycles. The number of benzene rings is 10. The SMILES string of the molecule is CCc1c(-c2ccc3c(c2)sc2ccccc23)nc(-c2ccc3c(c2)sc2ccccc23)nc1-c1cccc2oc3ccc(-c4c(-n5c6ccccc6c6ccccc65)ccc5oc6ccccc6c45)cc3c12. The maximum absolute atomic E-state index is 6.86. The van der Waals surface area contributed by atoms with Crippen LogP contribution in [-0.2, 0) is 6.42 Å². The van der Waals surface area contributed by atoms with Crippen molar-refractivity contribution in [1.29, 1.82) is 0 Å². The van der Waals surface area contributed by atoms with Gasteiger partial charge >= 0.3 is 0 Å². The highest BCUT2D eigenvalue weighted by Crippen LogP contribution is 2.47. The Morgan fingerprint density at radius 2 is 0.932 bits per heavy atom. The summed E-state index contributed by atoms with van der Waals surface area (Å²) < 4.78 is 20.9. The summed E-state index contributed by atoms with van der Waals surface area (Å²) in [7, 11) is 0. The van der Waals surface area contributed by atoms with Crippen molar-refractivity contribution in [3.05, 3.63) is 212 Å². The molecule has 16 aromatic rings. The van der Waals surface area contributed by atoms with Crippen molar-refractivity contribution < 1.29 is 8.83 Å². The van der Waals surface area contributed by atoms with Crippen LogP contribution in [0.4, 0.5) is 0 Å². The molecule has 7 heteroatoms. The summed E-state index contributed by atoms with van der Waals surface area (Å²) in [6, 6.07) is 74.2. The molecule has 0 saturated carbocycles. The standard InChI is InChI=1S/C66H39N3O2S2/c1-2-40-64(38-26-29-45-43-16-6-11-24-57(43)72-59(45)35-38)67-66(39-27-30-46-44-17-7-12-25-58(44)73-60(46)36-39)68-65(40)48-19-13-23-55-62(48)49-34-37(28-32-54(49)71-55)61-52(31-33-56-63(61)47-18-5-10-22-53(47)70-56)69-50-20-8-3-14-41(50)42-15-4-9-21-51(42)69/h3-36H,2H2,1H3. The molecule has 0 atom stereocenters. The number of thiophene rings is 2. The van der Waals surface area contributed by atoms with Crippen LogP contribution in [0.5, 0.6) is 0 Å². The van der Waals surface area contributed by atoms with Crippen LogP contribution < -0.4 is 0 Å². The molecule has 0 fully saturated rings. The van der Waals surface area contributed by atoms with Crippen LogP contribution >= 0.6 is 22.7 Å². The van der Waals surface area contributed by atoms with Gasteiger partial charge in [-0.2, -0.15) is 0 Å². The van der Waals surface area contributed by atoms with Crippen LogP contribution in [0.3, 0.4) is 0 Å². The van der Waals surface area contributed by atoms with Gasteiger partial charge in [-0.05, 0) is 84.8 Å². The average Bonchev–Trinajstić information content (AvgIpc) is 4.28. The third-order valence-corrected chi connectivity index (χ3v) is 17.3. The minimum atomic E-state index is 0.692. The summed E-state index contributed by atoms with van der Waals surface area (Å²) >= 11 is 3.65. The normalized spacial score (nSPS) is 12.2. The highest BCUT2D eigenvalue weighted by molar-refractivity contribution is 7.26. The van der Waals surface area contributed by atoms with Gasteiger partial charge in [0.25, 0.3) is 0 Å². The van der Waals surface area contributed by atoms with Crippen LogP contribution in [0.1, 0.15) is 12.5 Å². The van der Waals surface area contributed by atoms with E-state index in [9.17, 15) is 0 Å². The maximum atomic E-state index is 6.86. The van der Waals surface area contributed by atoms with E-state index < -0.39 is 0 Å². The van der Waals surface area contributed by atoms with Crippen molar-refractivity contribution in [3.63, 3.8) is 0 Å². The zero-order chi connectivity index (χ0) is 47.9. The van der Waals surface area contributed by atoms with E-state index in [-0.39, 0.29) is 0 Å². The molecule has 0 spiro atoms. The van der Waals surface area contributed by atoms with Crippen molar-refractivity contribution in [2.24, 2.45) is 0 Å². The lowest BCUT2D eigenvalue weighted by Crippen LogP contribution is -2.03. The van der Waals surface area contributed by atoms with Crippen molar-refractivity contribution >= 4 is 129 Å². The molecule has 6 aromatic heterocycles. The number of hydrogen-bond donors (Lipinski definition) is 0. The van der Waals surface area contributed by atoms with Crippen LogP contribution in [0, 0.1) is 0 Å². The van der Waals surface area contributed by atoms with Gasteiger partial charge in [0, 0.05) is 100 Å². The molecular weight excluding hydrogens is 931 g/mol. The van der Waals surface area contributed by atoms with E-state index in [1.807, 2.05) is 28.7 Å². The molecule has 0 unspecified atom stereocenters. The third kappa shape index (κ3) is 6.01. The monoisotopic (exact) mass is 969 g/mol. The summed E-state index contributed by atoms with van der Waals surface area (Å²) in [5.41, 5.74) is 14.9. The molecular formula is C66H39N3O2S2. The lowest BCUT2D eigenvalue weighted by Gasteiger charge is -2.17. The highest BCUT2D eigenvalue weighted by atomic mass is 32.1. The molecule has 0 aliphatic carbocycles. The first kappa shape index (κ1) is 40.8. The Morgan fingerprint density at radius 1 is 0.397 bits per heavy atom. The van der Waals surface area contributed by atoms with Gasteiger partial charge in [-0.3, -0.25) is 0 Å². The number of hydrogen-bond acceptors (Lipinski definition) is 6. The van der Waals surface area contributed by atoms with E-state index in [0.717, 1.165) is 112 Å². The average molecular weight is 970 g/mol. The molecule has 6 heterocycles. The Bertz CT molecular complexity index is 4930. The minimum absolute atomic E-state index is 0.692. The van der Waals surface area contributed by atoms with Crippen LogP contribution in [0.2, 0.25) is 0 Å². The largest absolute Gasteiger partial charge is 0.456 e. The zero-order valence-corrected chi connectivity index (χ0v) is 40.9. The van der Waals surface area contributed by atoms with E-state index in [4.69, 9.17) is 18.8 Å². The van der Waals surface area contributed by atoms with E-state index in [2.05, 4.69) is 212 Å². The molecule has 5 nitrogen and oxygen atoms in total. The second kappa shape index (κ2) is 15.6. The third-order valence-electron chi connectivity index (χ3n) is 15.0. The molecule has 0 saturated heterocycles. The number of fused-ring (bicyclic) bond motifs is 15. The fraction of sp³-hybridized carbons (Fsp3) is 0.0303. The summed E-state index contributed by atoms with van der Waals surface area (Å²) in [5, 5.41) is 11.7. The van der Waals surface area contributed by atoms with Crippen molar-refractivity contribution in [2.45, 2.75) is 13.3 Å². The van der Waals surface area contributed by atoms with Crippen molar-refractivity contribution in [2.75, 3.05) is 0 Å². The van der Waals surface area contributed by atoms with Crippen LogP contribution in [0.25, 0.3) is 157 Å². The summed E-state index contributed by atoms with van der Waals surface area (Å²) in [6.07, 6.45) is 0.722. The lowest BCUT2D eigenvalue weighted by atomic mass is 9.93. The second-order valence-corrected chi connectivity index (χ2v) is 21.2. The number of para-hydroxylation sites is 3. The molecule has 0 aliphatic heterocycles. The van der Waals surface area contributed by atoms with Gasteiger partial charge in [-0.1, -0.05) is 140 Å². The first-order valence-corrected chi connectivity index (χ1v) is 26.4. The minimum Gasteiger partial charge on any atom is -0.456 e. The summed E-state index contributed by atoms with van der Waals surface area (Å²) in [4.78, 5) is 11.2. The Labute approximate surface area is 425 Å². The molecule has 0 aliphatic rings. The maximum Gasteiger partial charge on any atom is 0.160 e. The van der Waals surface area contributed by atoms with Crippen LogP contribution in [0.15, 0.2) is 215 Å². The van der Waals surface area contributed by atoms with Crippen LogP contribution in [-0.4, -0.2) is 14.5 Å². The van der Waals surface area contributed by atoms with Gasteiger partial charge in [0.1, 0.15) is 22.3 Å². The Hall–Kier alpha value is -8.88. The van der Waals surface area contributed by atoms with Crippen molar-refractivity contribution in [3.8, 4) is 50.7 Å². The number of furan rings is 2. The predicted molar refractivity (Wildman–Crippen MR) is 308 cm³/mol. The first-order valence-electron chi connectivity index (χ1n) is 24.8. The number of rotatable bonds is 6. The Morgan fingerprint density at radius 3 is 1.64 bits per heavy atom. The molecule has 0 amide bonds. The zero-order valence-electron chi connectivity index (χ0n) is 39.3. The lowest BCUT2D eigenvalue weighted by molar-refractivity contribution is 0.669. The van der Waals surface area contributed by atoms with E-state index >= 15 is 0 Å². The summed E-state index contributed by atoms with van der Waals surface area (Å²) in [6.45, 7) is 2.23. The second-order valence-electron chi connectivity index (χ2n) is 19.0. The predicted octanol–water partition coefficient (Wildman–Crippen LogP) is 19.3. The highest BCUT2D eigenvalue weighted by Gasteiger charge is 2.25. The van der Waals surface area contributed by atoms with Gasteiger partial charge in [-0.15, -0.1) is 22.7 Å². The molecule has 73 heavy (non-hydrogen) atoms. The summed E-state index contributed by atoms with van der Waals surface area (Å²) in [5.74, 6) is 0.692. The molecule has 0 radical (unpaired) electrons. The number of aromatic nitrogens is 3. The van der Waals surface area contributed by atoms with Gasteiger partial charge in [0.05, 0.1) is 28.1 Å². The number of nitrogens with zero attached hydrogens (tertiary/aromatic N) is 3. The van der Waals surface area contributed by atoms with Gasteiger partial charge in [0.2, 0.25) is 0 Å². The van der Waals surface area contributed by atoms with Gasteiger partial charge in [-0.25, -0.2) is 9.97 Å². The smallest absolute Gasteiger partial charge is 0.160 e. The molecule has 0 N–H and O–H groups in total. The topological polar surface area (TPSA) is 57.0 Å². The Kier molecular flexibility index (Phi) is 8.70.